The quantitative estimate of drug-likeness (QED) is 0.837. The molecular weight excluding hydrogens is 326 g/mol. The van der Waals surface area contributed by atoms with Crippen molar-refractivity contribution in [2.75, 3.05) is 19.6 Å². The highest BCUT2D eigenvalue weighted by Gasteiger charge is 2.27. The number of carbonyl (C=O) groups is 1. The summed E-state index contributed by atoms with van der Waals surface area (Å²) in [7, 11) is -3.58. The van der Waals surface area contributed by atoms with Crippen molar-refractivity contribution in [1.29, 1.82) is 0 Å². The first kappa shape index (κ1) is 17.4. The van der Waals surface area contributed by atoms with E-state index in [9.17, 15) is 13.2 Å². The van der Waals surface area contributed by atoms with Crippen molar-refractivity contribution >= 4 is 15.9 Å². The summed E-state index contributed by atoms with van der Waals surface area (Å²) in [6, 6.07) is 6.34. The number of benzene rings is 1. The zero-order chi connectivity index (χ0) is 17.2. The molecule has 0 aromatic heterocycles. The first-order chi connectivity index (χ1) is 11.5. The van der Waals surface area contributed by atoms with Crippen molar-refractivity contribution in [3.63, 3.8) is 0 Å². The van der Waals surface area contributed by atoms with Gasteiger partial charge >= 0.3 is 0 Å². The summed E-state index contributed by atoms with van der Waals surface area (Å²) in [4.78, 5) is 14.5. The van der Waals surface area contributed by atoms with Gasteiger partial charge in [-0.2, -0.15) is 0 Å². The van der Waals surface area contributed by atoms with Gasteiger partial charge in [0.25, 0.3) is 5.91 Å². The molecule has 132 valence electrons. The standard InChI is InChI=1S/C17H25N3O3S/c18-11-13-8-9-20(12-13)17(21)14-4-3-7-16(10-14)24(22,23)19-15-5-1-2-6-15/h3-4,7,10,13,15,19H,1-2,5-6,8-9,11-12,18H2. The fourth-order valence-electron chi connectivity index (χ4n) is 3.52. The van der Waals surface area contributed by atoms with E-state index in [0.29, 0.717) is 31.1 Å². The second kappa shape index (κ2) is 7.21. The Bertz CT molecular complexity index is 699. The van der Waals surface area contributed by atoms with Crippen molar-refractivity contribution in [1.82, 2.24) is 9.62 Å². The second-order valence-corrected chi connectivity index (χ2v) is 8.49. The Morgan fingerprint density at radius 3 is 2.67 bits per heavy atom. The summed E-state index contributed by atoms with van der Waals surface area (Å²) >= 11 is 0. The second-order valence-electron chi connectivity index (χ2n) is 6.77. The fourth-order valence-corrected chi connectivity index (χ4v) is 4.87. The van der Waals surface area contributed by atoms with Crippen molar-refractivity contribution in [3.8, 4) is 0 Å². The topological polar surface area (TPSA) is 92.5 Å². The van der Waals surface area contributed by atoms with Crippen LogP contribution in [-0.4, -0.2) is 44.9 Å². The van der Waals surface area contributed by atoms with Crippen LogP contribution in [0.25, 0.3) is 0 Å². The number of amides is 1. The third-order valence-electron chi connectivity index (χ3n) is 4.97. The number of likely N-dealkylation sites (tertiary alicyclic amines) is 1. The minimum Gasteiger partial charge on any atom is -0.338 e. The molecule has 3 rings (SSSR count). The van der Waals surface area contributed by atoms with Crippen LogP contribution in [0.15, 0.2) is 29.2 Å². The molecule has 6 nitrogen and oxygen atoms in total. The van der Waals surface area contributed by atoms with Crippen LogP contribution in [0.1, 0.15) is 42.5 Å². The van der Waals surface area contributed by atoms with E-state index in [4.69, 9.17) is 5.73 Å². The number of rotatable bonds is 5. The normalized spacial score (nSPS) is 22.2. The number of sulfonamides is 1. The molecule has 1 aromatic rings. The molecule has 1 atom stereocenters. The van der Waals surface area contributed by atoms with Crippen molar-refractivity contribution in [2.24, 2.45) is 11.7 Å². The molecule has 3 N–H and O–H groups in total. The van der Waals surface area contributed by atoms with E-state index in [0.717, 1.165) is 32.1 Å². The number of nitrogens with zero attached hydrogens (tertiary/aromatic N) is 1. The predicted molar refractivity (Wildman–Crippen MR) is 92.1 cm³/mol. The van der Waals surface area contributed by atoms with Crippen LogP contribution in [-0.2, 0) is 10.0 Å². The summed E-state index contributed by atoms with van der Waals surface area (Å²) in [6.07, 6.45) is 4.79. The lowest BCUT2D eigenvalue weighted by Gasteiger charge is -2.17. The summed E-state index contributed by atoms with van der Waals surface area (Å²) in [5.41, 5.74) is 6.09. The van der Waals surface area contributed by atoms with Gasteiger partial charge in [0.15, 0.2) is 0 Å². The molecule has 1 saturated heterocycles. The van der Waals surface area contributed by atoms with Crippen LogP contribution < -0.4 is 10.5 Å². The molecule has 0 spiro atoms. The van der Waals surface area contributed by atoms with E-state index in [-0.39, 0.29) is 16.8 Å². The Morgan fingerprint density at radius 1 is 1.25 bits per heavy atom. The molecular formula is C17H25N3O3S. The summed E-state index contributed by atoms with van der Waals surface area (Å²) in [6.45, 7) is 1.90. The van der Waals surface area contributed by atoms with Crippen molar-refractivity contribution in [2.45, 2.75) is 43.0 Å². The van der Waals surface area contributed by atoms with Crippen LogP contribution in [0.2, 0.25) is 0 Å². The fraction of sp³-hybridized carbons (Fsp3) is 0.588. The van der Waals surface area contributed by atoms with Gasteiger partial charge in [0, 0.05) is 24.7 Å². The monoisotopic (exact) mass is 351 g/mol. The molecule has 0 radical (unpaired) electrons. The van der Waals surface area contributed by atoms with Crippen LogP contribution in [0.4, 0.5) is 0 Å². The SMILES string of the molecule is NCC1CCN(C(=O)c2cccc(S(=O)(=O)NC3CCCC3)c2)C1. The maximum atomic E-state index is 12.6. The average molecular weight is 351 g/mol. The Labute approximate surface area is 143 Å². The van der Waals surface area contributed by atoms with Gasteiger partial charge in [0.2, 0.25) is 10.0 Å². The molecule has 7 heteroatoms. The first-order valence-electron chi connectivity index (χ1n) is 8.61. The van der Waals surface area contributed by atoms with Gasteiger partial charge in [0.05, 0.1) is 4.90 Å². The molecule has 2 fully saturated rings. The van der Waals surface area contributed by atoms with Gasteiger partial charge in [-0.15, -0.1) is 0 Å². The van der Waals surface area contributed by atoms with Gasteiger partial charge in [-0.3, -0.25) is 4.79 Å². The number of carbonyl (C=O) groups excluding carboxylic acids is 1. The van der Waals surface area contributed by atoms with E-state index in [1.54, 1.807) is 23.1 Å². The van der Waals surface area contributed by atoms with Crippen molar-refractivity contribution in [3.05, 3.63) is 29.8 Å². The van der Waals surface area contributed by atoms with Crippen LogP contribution >= 0.6 is 0 Å². The molecule has 24 heavy (non-hydrogen) atoms. The lowest BCUT2D eigenvalue weighted by atomic mass is 10.1. The Kier molecular flexibility index (Phi) is 5.22. The predicted octanol–water partition coefficient (Wildman–Crippen LogP) is 1.33. The van der Waals surface area contributed by atoms with Gasteiger partial charge in [0.1, 0.15) is 0 Å². The molecule has 1 aliphatic heterocycles. The summed E-state index contributed by atoms with van der Waals surface area (Å²) < 4.78 is 27.8. The lowest BCUT2D eigenvalue weighted by molar-refractivity contribution is 0.0787. The molecule has 1 aliphatic carbocycles. The van der Waals surface area contributed by atoms with Gasteiger partial charge < -0.3 is 10.6 Å². The Balaban J connectivity index is 1.75. The van der Waals surface area contributed by atoms with Gasteiger partial charge in [-0.1, -0.05) is 18.9 Å². The van der Waals surface area contributed by atoms with Crippen LogP contribution in [0.5, 0.6) is 0 Å². The van der Waals surface area contributed by atoms with Crippen LogP contribution in [0.3, 0.4) is 0 Å². The minimum atomic E-state index is -3.58. The zero-order valence-electron chi connectivity index (χ0n) is 13.8. The number of nitrogens with one attached hydrogen (secondary N) is 1. The first-order valence-corrected chi connectivity index (χ1v) is 10.1. The largest absolute Gasteiger partial charge is 0.338 e. The number of hydrogen-bond donors (Lipinski definition) is 2. The molecule has 1 heterocycles. The Hall–Kier alpha value is -1.44. The van der Waals surface area contributed by atoms with Gasteiger partial charge in [-0.05, 0) is 49.9 Å². The minimum absolute atomic E-state index is 0.0123. The summed E-state index contributed by atoms with van der Waals surface area (Å²) in [5.74, 6) is 0.216. The molecule has 1 saturated carbocycles. The Morgan fingerprint density at radius 2 is 2.00 bits per heavy atom. The zero-order valence-corrected chi connectivity index (χ0v) is 14.6. The average Bonchev–Trinajstić information content (AvgIpc) is 3.25. The maximum Gasteiger partial charge on any atom is 0.253 e. The number of hydrogen-bond acceptors (Lipinski definition) is 4. The molecule has 1 amide bonds. The highest BCUT2D eigenvalue weighted by atomic mass is 32.2. The van der Waals surface area contributed by atoms with E-state index in [2.05, 4.69) is 4.72 Å². The molecule has 0 bridgehead atoms. The van der Waals surface area contributed by atoms with E-state index in [1.807, 2.05) is 0 Å². The third kappa shape index (κ3) is 3.79. The van der Waals surface area contributed by atoms with E-state index >= 15 is 0 Å². The van der Waals surface area contributed by atoms with Crippen molar-refractivity contribution < 1.29 is 13.2 Å². The van der Waals surface area contributed by atoms with Crippen LogP contribution in [0, 0.1) is 5.92 Å². The molecule has 1 aromatic carbocycles. The highest BCUT2D eigenvalue weighted by molar-refractivity contribution is 7.89. The lowest BCUT2D eigenvalue weighted by Crippen LogP contribution is -2.33. The number of nitrogens with two attached hydrogens (primary N) is 1. The third-order valence-corrected chi connectivity index (χ3v) is 6.49. The smallest absolute Gasteiger partial charge is 0.253 e. The van der Waals surface area contributed by atoms with E-state index in [1.165, 1.54) is 6.07 Å². The maximum absolute atomic E-state index is 12.6. The van der Waals surface area contributed by atoms with E-state index < -0.39 is 10.0 Å². The summed E-state index contributed by atoms with van der Waals surface area (Å²) in [5, 5.41) is 0. The highest BCUT2D eigenvalue weighted by Crippen LogP contribution is 2.22. The van der Waals surface area contributed by atoms with Gasteiger partial charge in [-0.25, -0.2) is 13.1 Å². The molecule has 1 unspecified atom stereocenters. The molecule has 2 aliphatic rings.